The van der Waals surface area contributed by atoms with Gasteiger partial charge in [-0.1, -0.05) is 18.5 Å². The molecular weight excluding hydrogens is 278 g/mol. The van der Waals surface area contributed by atoms with Gasteiger partial charge in [0, 0.05) is 23.7 Å². The summed E-state index contributed by atoms with van der Waals surface area (Å²) in [5, 5.41) is 0.593. The van der Waals surface area contributed by atoms with Gasteiger partial charge in [0.15, 0.2) is 0 Å². The lowest BCUT2D eigenvalue weighted by molar-refractivity contribution is -0.143. The Hall–Kier alpha value is -1.55. The predicted molar refractivity (Wildman–Crippen MR) is 78.9 cm³/mol. The first-order chi connectivity index (χ1) is 9.58. The molecule has 110 valence electrons. The molecule has 0 atom stereocenters. The monoisotopic (exact) mass is 297 g/mol. The molecule has 0 aliphatic carbocycles. The van der Waals surface area contributed by atoms with Gasteiger partial charge >= 0.3 is 5.97 Å². The second kappa shape index (κ2) is 8.59. The molecule has 1 aromatic carbocycles. The first-order valence-electron chi connectivity index (χ1n) is 6.79. The fourth-order valence-electron chi connectivity index (χ4n) is 1.82. The van der Waals surface area contributed by atoms with E-state index in [1.54, 1.807) is 36.1 Å². The molecule has 0 unspecified atom stereocenters. The number of hydrogen-bond donors (Lipinski definition) is 0. The van der Waals surface area contributed by atoms with Crippen molar-refractivity contribution in [1.29, 1.82) is 0 Å². The zero-order valence-electron chi connectivity index (χ0n) is 11.9. The molecular formula is C15H20ClNO3. The fraction of sp³-hybridized carbons (Fsp3) is 0.467. The van der Waals surface area contributed by atoms with Crippen LogP contribution in [-0.4, -0.2) is 36.5 Å². The van der Waals surface area contributed by atoms with E-state index in [1.165, 1.54) is 0 Å². The topological polar surface area (TPSA) is 46.6 Å². The molecule has 0 fully saturated rings. The van der Waals surface area contributed by atoms with Crippen LogP contribution in [0.4, 0.5) is 0 Å². The van der Waals surface area contributed by atoms with E-state index in [2.05, 4.69) is 0 Å². The van der Waals surface area contributed by atoms with Gasteiger partial charge in [-0.2, -0.15) is 0 Å². The number of amides is 1. The highest BCUT2D eigenvalue weighted by Crippen LogP contribution is 2.12. The number of hydrogen-bond acceptors (Lipinski definition) is 3. The maximum atomic E-state index is 12.3. The smallest absolute Gasteiger partial charge is 0.307 e. The zero-order chi connectivity index (χ0) is 15.0. The largest absolute Gasteiger partial charge is 0.466 e. The van der Waals surface area contributed by atoms with E-state index in [0.29, 0.717) is 30.3 Å². The minimum absolute atomic E-state index is 0.0900. The van der Waals surface area contributed by atoms with Gasteiger partial charge in [-0.05, 0) is 37.6 Å². The summed E-state index contributed by atoms with van der Waals surface area (Å²) in [6, 6.07) is 6.75. The number of benzene rings is 1. The summed E-state index contributed by atoms with van der Waals surface area (Å²) in [6.07, 6.45) is 1.05. The fourth-order valence-corrected chi connectivity index (χ4v) is 1.95. The molecule has 0 spiro atoms. The van der Waals surface area contributed by atoms with Gasteiger partial charge in [0.05, 0.1) is 13.0 Å². The van der Waals surface area contributed by atoms with Crippen molar-refractivity contribution in [3.05, 3.63) is 34.9 Å². The number of esters is 1. The quantitative estimate of drug-likeness (QED) is 0.726. The standard InChI is InChI=1S/C15H20ClNO3/c1-3-10-17(11-9-14(18)20-4-2)15(19)12-5-7-13(16)8-6-12/h5-8H,3-4,9-11H2,1-2H3. The molecule has 5 heteroatoms. The summed E-state index contributed by atoms with van der Waals surface area (Å²) >= 11 is 5.81. The molecule has 1 amide bonds. The molecule has 1 rings (SSSR count). The highest BCUT2D eigenvalue weighted by molar-refractivity contribution is 6.30. The van der Waals surface area contributed by atoms with Gasteiger partial charge in [-0.3, -0.25) is 9.59 Å². The van der Waals surface area contributed by atoms with Crippen molar-refractivity contribution in [2.24, 2.45) is 0 Å². The molecule has 0 heterocycles. The van der Waals surface area contributed by atoms with Crippen LogP contribution in [-0.2, 0) is 9.53 Å². The lowest BCUT2D eigenvalue weighted by atomic mass is 10.2. The Morgan fingerprint density at radius 1 is 1.15 bits per heavy atom. The van der Waals surface area contributed by atoms with E-state index in [-0.39, 0.29) is 18.3 Å². The van der Waals surface area contributed by atoms with Gasteiger partial charge in [-0.15, -0.1) is 0 Å². The number of nitrogens with zero attached hydrogens (tertiary/aromatic N) is 1. The van der Waals surface area contributed by atoms with Gasteiger partial charge in [0.2, 0.25) is 0 Å². The Labute approximate surface area is 124 Å². The first kappa shape index (κ1) is 16.5. The van der Waals surface area contributed by atoms with E-state index in [0.717, 1.165) is 6.42 Å². The molecule has 20 heavy (non-hydrogen) atoms. The predicted octanol–water partition coefficient (Wildman–Crippen LogP) is 3.15. The Bertz CT molecular complexity index is 445. The van der Waals surface area contributed by atoms with E-state index in [4.69, 9.17) is 16.3 Å². The molecule has 0 aliphatic heterocycles. The zero-order valence-corrected chi connectivity index (χ0v) is 12.7. The van der Waals surface area contributed by atoms with Crippen LogP contribution in [0.1, 0.15) is 37.0 Å². The molecule has 0 radical (unpaired) electrons. The first-order valence-corrected chi connectivity index (χ1v) is 7.16. The van der Waals surface area contributed by atoms with E-state index >= 15 is 0 Å². The third-order valence-corrected chi connectivity index (χ3v) is 3.02. The third-order valence-electron chi connectivity index (χ3n) is 2.76. The number of rotatable bonds is 7. The van der Waals surface area contributed by atoms with Crippen LogP contribution in [0.3, 0.4) is 0 Å². The van der Waals surface area contributed by atoms with Gasteiger partial charge in [0.1, 0.15) is 0 Å². The summed E-state index contributed by atoms with van der Waals surface area (Å²) < 4.78 is 4.88. The van der Waals surface area contributed by atoms with Crippen molar-refractivity contribution in [3.8, 4) is 0 Å². The molecule has 0 saturated carbocycles. The second-order valence-corrected chi connectivity index (χ2v) is 4.79. The Morgan fingerprint density at radius 2 is 1.80 bits per heavy atom. The number of halogens is 1. The van der Waals surface area contributed by atoms with Crippen LogP contribution >= 0.6 is 11.6 Å². The number of carbonyl (C=O) groups is 2. The van der Waals surface area contributed by atoms with Crippen molar-refractivity contribution >= 4 is 23.5 Å². The molecule has 0 bridgehead atoms. The van der Waals surface area contributed by atoms with Crippen LogP contribution < -0.4 is 0 Å². The van der Waals surface area contributed by atoms with Gasteiger partial charge in [-0.25, -0.2) is 0 Å². The molecule has 1 aromatic rings. The maximum absolute atomic E-state index is 12.3. The minimum atomic E-state index is -0.280. The van der Waals surface area contributed by atoms with Crippen LogP contribution in [0.5, 0.6) is 0 Å². The summed E-state index contributed by atoms with van der Waals surface area (Å²) in [6.45, 7) is 5.10. The SMILES string of the molecule is CCCN(CCC(=O)OCC)C(=O)c1ccc(Cl)cc1. The van der Waals surface area contributed by atoms with Crippen LogP contribution in [0.15, 0.2) is 24.3 Å². The molecule has 4 nitrogen and oxygen atoms in total. The average Bonchev–Trinajstić information content (AvgIpc) is 2.44. The van der Waals surface area contributed by atoms with Crippen molar-refractivity contribution in [1.82, 2.24) is 4.90 Å². The summed E-state index contributed by atoms with van der Waals surface area (Å²) in [5.74, 6) is -0.370. The molecule has 0 aromatic heterocycles. The lowest BCUT2D eigenvalue weighted by Gasteiger charge is -2.21. The number of ether oxygens (including phenoxy) is 1. The van der Waals surface area contributed by atoms with Crippen molar-refractivity contribution in [2.75, 3.05) is 19.7 Å². The van der Waals surface area contributed by atoms with E-state index < -0.39 is 0 Å². The molecule has 0 N–H and O–H groups in total. The van der Waals surface area contributed by atoms with Gasteiger partial charge < -0.3 is 9.64 Å². The molecule has 0 aliphatic rings. The van der Waals surface area contributed by atoms with Crippen molar-refractivity contribution < 1.29 is 14.3 Å². The average molecular weight is 298 g/mol. The minimum Gasteiger partial charge on any atom is -0.466 e. The van der Waals surface area contributed by atoms with Crippen LogP contribution in [0.25, 0.3) is 0 Å². The van der Waals surface area contributed by atoms with Crippen molar-refractivity contribution in [3.63, 3.8) is 0 Å². The second-order valence-electron chi connectivity index (χ2n) is 4.35. The van der Waals surface area contributed by atoms with Crippen LogP contribution in [0, 0.1) is 0 Å². The van der Waals surface area contributed by atoms with E-state index in [1.807, 2.05) is 6.92 Å². The Balaban J connectivity index is 2.67. The van der Waals surface area contributed by atoms with Gasteiger partial charge in [0.25, 0.3) is 5.91 Å². The lowest BCUT2D eigenvalue weighted by Crippen LogP contribution is -2.34. The Kier molecular flexibility index (Phi) is 7.09. The number of carbonyl (C=O) groups excluding carboxylic acids is 2. The third kappa shape index (κ3) is 5.21. The maximum Gasteiger partial charge on any atom is 0.307 e. The summed E-state index contributed by atoms with van der Waals surface area (Å²) in [7, 11) is 0. The highest BCUT2D eigenvalue weighted by atomic mass is 35.5. The highest BCUT2D eigenvalue weighted by Gasteiger charge is 2.16. The Morgan fingerprint density at radius 3 is 2.35 bits per heavy atom. The van der Waals surface area contributed by atoms with Crippen molar-refractivity contribution in [2.45, 2.75) is 26.7 Å². The summed E-state index contributed by atoms with van der Waals surface area (Å²) in [5.41, 5.74) is 0.576. The van der Waals surface area contributed by atoms with Crippen LogP contribution in [0.2, 0.25) is 5.02 Å². The summed E-state index contributed by atoms with van der Waals surface area (Å²) in [4.78, 5) is 25.4. The molecule has 0 saturated heterocycles. The van der Waals surface area contributed by atoms with E-state index in [9.17, 15) is 9.59 Å². The normalized spacial score (nSPS) is 10.2.